The lowest BCUT2D eigenvalue weighted by Crippen LogP contribution is -2.51. The molecule has 2 saturated heterocycles. The second-order valence-electron chi connectivity index (χ2n) is 7.90. The predicted octanol–water partition coefficient (Wildman–Crippen LogP) is 2.43. The number of hydrogen-bond donors (Lipinski definition) is 2. The maximum absolute atomic E-state index is 12.3. The van der Waals surface area contributed by atoms with Crippen LogP contribution in [-0.4, -0.2) is 55.4 Å². The molecule has 1 aromatic carbocycles. The Morgan fingerprint density at radius 2 is 1.82 bits per heavy atom. The third kappa shape index (κ3) is 4.31. The van der Waals surface area contributed by atoms with Gasteiger partial charge in [0.1, 0.15) is 18.0 Å². The van der Waals surface area contributed by atoms with E-state index in [1.165, 1.54) is 26.2 Å². The normalized spacial score (nSPS) is 29.9. The number of ether oxygens (including phenoxy) is 3. The molecule has 1 saturated carbocycles. The van der Waals surface area contributed by atoms with Gasteiger partial charge in [0.25, 0.3) is 0 Å². The predicted molar refractivity (Wildman–Crippen MR) is 103 cm³/mol. The molecule has 2 heterocycles. The van der Waals surface area contributed by atoms with Crippen LogP contribution in [-0.2, 0) is 9.47 Å². The number of Topliss-reactive ketones (excluding diaryl/α,β-unsaturated/α-hetero) is 1. The molecule has 0 spiro atoms. The van der Waals surface area contributed by atoms with Crippen molar-refractivity contribution >= 4 is 11.8 Å². The fourth-order valence-electron chi connectivity index (χ4n) is 4.29. The zero-order valence-electron chi connectivity index (χ0n) is 16.2. The molecular weight excluding hydrogens is 360 g/mol. The SMILES string of the molecule is CC(=O)c1cccc(O[C@H]2CO[C@H]3[C@@H]2OC[C@@H]3NC(=O)NC2CCCCC2)c1. The van der Waals surface area contributed by atoms with Gasteiger partial charge in [-0.3, -0.25) is 4.79 Å². The Balaban J connectivity index is 1.31. The summed E-state index contributed by atoms with van der Waals surface area (Å²) in [5, 5.41) is 6.07. The van der Waals surface area contributed by atoms with E-state index in [9.17, 15) is 9.59 Å². The summed E-state index contributed by atoms with van der Waals surface area (Å²) in [5.74, 6) is 0.619. The quantitative estimate of drug-likeness (QED) is 0.757. The molecule has 4 atom stereocenters. The summed E-state index contributed by atoms with van der Waals surface area (Å²) >= 11 is 0. The minimum absolute atomic E-state index is 0.00337. The molecule has 152 valence electrons. The summed E-state index contributed by atoms with van der Waals surface area (Å²) in [4.78, 5) is 23.9. The smallest absolute Gasteiger partial charge is 0.315 e. The van der Waals surface area contributed by atoms with Gasteiger partial charge in [-0.1, -0.05) is 31.4 Å². The average molecular weight is 388 g/mol. The Kier molecular flexibility index (Phi) is 5.82. The average Bonchev–Trinajstić information content (AvgIpc) is 3.26. The van der Waals surface area contributed by atoms with Crippen LogP contribution in [0.5, 0.6) is 5.75 Å². The lowest BCUT2D eigenvalue weighted by Gasteiger charge is -2.24. The van der Waals surface area contributed by atoms with Gasteiger partial charge in [0.2, 0.25) is 0 Å². The monoisotopic (exact) mass is 388 g/mol. The number of carbonyl (C=O) groups is 2. The second-order valence-corrected chi connectivity index (χ2v) is 7.90. The van der Waals surface area contributed by atoms with Crippen LogP contribution in [0.3, 0.4) is 0 Å². The number of urea groups is 1. The van der Waals surface area contributed by atoms with Gasteiger partial charge in [-0.15, -0.1) is 0 Å². The van der Waals surface area contributed by atoms with Crippen LogP contribution >= 0.6 is 0 Å². The fraction of sp³-hybridized carbons (Fsp3) is 0.619. The van der Waals surface area contributed by atoms with Crippen LogP contribution < -0.4 is 15.4 Å². The molecule has 0 bridgehead atoms. The number of amides is 2. The van der Waals surface area contributed by atoms with Crippen LogP contribution in [0.25, 0.3) is 0 Å². The Labute approximate surface area is 165 Å². The maximum atomic E-state index is 12.3. The van der Waals surface area contributed by atoms with E-state index in [0.29, 0.717) is 24.5 Å². The third-order valence-corrected chi connectivity index (χ3v) is 5.79. The maximum Gasteiger partial charge on any atom is 0.315 e. The largest absolute Gasteiger partial charge is 0.485 e. The summed E-state index contributed by atoms with van der Waals surface area (Å²) < 4.78 is 17.8. The lowest BCUT2D eigenvalue weighted by atomic mass is 9.96. The molecule has 28 heavy (non-hydrogen) atoms. The highest BCUT2D eigenvalue weighted by Crippen LogP contribution is 2.30. The molecule has 3 aliphatic rings. The van der Waals surface area contributed by atoms with Gasteiger partial charge >= 0.3 is 6.03 Å². The first-order valence-corrected chi connectivity index (χ1v) is 10.2. The number of carbonyl (C=O) groups excluding carboxylic acids is 2. The van der Waals surface area contributed by atoms with Gasteiger partial charge in [-0.2, -0.15) is 0 Å². The van der Waals surface area contributed by atoms with Crippen LogP contribution in [0.1, 0.15) is 49.4 Å². The number of benzene rings is 1. The summed E-state index contributed by atoms with van der Waals surface area (Å²) in [6.07, 6.45) is 4.98. The molecule has 2 N–H and O–H groups in total. The first-order chi connectivity index (χ1) is 13.6. The second kappa shape index (κ2) is 8.49. The Morgan fingerprint density at radius 1 is 1.04 bits per heavy atom. The Bertz CT molecular complexity index is 719. The highest BCUT2D eigenvalue weighted by Gasteiger charge is 2.49. The van der Waals surface area contributed by atoms with Gasteiger partial charge in [0.05, 0.1) is 19.3 Å². The van der Waals surface area contributed by atoms with Gasteiger partial charge < -0.3 is 24.8 Å². The van der Waals surface area contributed by atoms with Gasteiger partial charge in [-0.25, -0.2) is 4.79 Å². The summed E-state index contributed by atoms with van der Waals surface area (Å²) in [7, 11) is 0. The van der Waals surface area contributed by atoms with Crippen molar-refractivity contribution in [2.75, 3.05) is 13.2 Å². The number of rotatable bonds is 5. The molecule has 0 radical (unpaired) electrons. The summed E-state index contributed by atoms with van der Waals surface area (Å²) in [6.45, 7) is 2.32. The fourth-order valence-corrected chi connectivity index (χ4v) is 4.29. The molecule has 1 aliphatic carbocycles. The zero-order valence-corrected chi connectivity index (χ0v) is 16.2. The minimum Gasteiger partial charge on any atom is -0.485 e. The molecule has 7 heteroatoms. The zero-order chi connectivity index (χ0) is 19.5. The van der Waals surface area contributed by atoms with Crippen LogP contribution in [0.15, 0.2) is 24.3 Å². The topological polar surface area (TPSA) is 85.9 Å². The van der Waals surface area contributed by atoms with Crippen LogP contribution in [0.2, 0.25) is 0 Å². The van der Waals surface area contributed by atoms with E-state index in [2.05, 4.69) is 10.6 Å². The molecular formula is C21H28N2O5. The van der Waals surface area contributed by atoms with Crippen LogP contribution in [0.4, 0.5) is 4.79 Å². The highest BCUT2D eigenvalue weighted by molar-refractivity contribution is 5.94. The molecule has 1 aromatic rings. The van der Waals surface area contributed by atoms with Crippen molar-refractivity contribution in [1.82, 2.24) is 10.6 Å². The van der Waals surface area contributed by atoms with E-state index in [0.717, 1.165) is 12.8 Å². The van der Waals surface area contributed by atoms with E-state index < -0.39 is 0 Å². The summed E-state index contributed by atoms with van der Waals surface area (Å²) in [6, 6.07) is 7.05. The Morgan fingerprint density at radius 3 is 2.61 bits per heavy atom. The van der Waals surface area contributed by atoms with Crippen molar-refractivity contribution in [2.24, 2.45) is 0 Å². The molecule has 2 aliphatic heterocycles. The standard InChI is InChI=1S/C21H28N2O5/c1-13(24)14-6-5-9-16(10-14)28-18-12-27-19-17(11-26-20(18)19)23-21(25)22-15-7-3-2-4-8-15/h5-6,9-10,15,17-20H,2-4,7-8,11-12H2,1H3,(H2,22,23,25)/t17-,18-,19+,20+/m0/s1. The molecule has 0 unspecified atom stereocenters. The van der Waals surface area contributed by atoms with E-state index in [1.807, 2.05) is 6.07 Å². The molecule has 3 fully saturated rings. The van der Waals surface area contributed by atoms with Crippen molar-refractivity contribution in [3.8, 4) is 5.75 Å². The van der Waals surface area contributed by atoms with E-state index in [1.54, 1.807) is 18.2 Å². The molecule has 7 nitrogen and oxygen atoms in total. The van der Waals surface area contributed by atoms with Gasteiger partial charge in [0, 0.05) is 11.6 Å². The van der Waals surface area contributed by atoms with Gasteiger partial charge in [0.15, 0.2) is 11.9 Å². The highest BCUT2D eigenvalue weighted by atomic mass is 16.6. The van der Waals surface area contributed by atoms with Gasteiger partial charge in [-0.05, 0) is 31.9 Å². The minimum atomic E-state index is -0.264. The Hall–Kier alpha value is -2.12. The number of nitrogens with one attached hydrogen (secondary N) is 2. The van der Waals surface area contributed by atoms with Crippen molar-refractivity contribution in [3.05, 3.63) is 29.8 Å². The van der Waals surface area contributed by atoms with E-state index in [4.69, 9.17) is 14.2 Å². The first kappa shape index (κ1) is 19.2. The number of hydrogen-bond acceptors (Lipinski definition) is 5. The number of fused-ring (bicyclic) bond motifs is 1. The van der Waals surface area contributed by atoms with Crippen molar-refractivity contribution < 1.29 is 23.8 Å². The first-order valence-electron chi connectivity index (χ1n) is 10.2. The molecule has 4 rings (SSSR count). The summed E-state index contributed by atoms with van der Waals surface area (Å²) in [5.41, 5.74) is 0.610. The van der Waals surface area contributed by atoms with Crippen molar-refractivity contribution in [3.63, 3.8) is 0 Å². The van der Waals surface area contributed by atoms with Crippen LogP contribution in [0, 0.1) is 0 Å². The van der Waals surface area contributed by atoms with Crippen molar-refractivity contribution in [2.45, 2.75) is 69.4 Å². The molecule has 2 amide bonds. The van der Waals surface area contributed by atoms with E-state index in [-0.39, 0.29) is 42.2 Å². The number of ketones is 1. The third-order valence-electron chi connectivity index (χ3n) is 5.79. The van der Waals surface area contributed by atoms with E-state index >= 15 is 0 Å². The molecule has 0 aromatic heterocycles. The lowest BCUT2D eigenvalue weighted by molar-refractivity contribution is 0.0303. The van der Waals surface area contributed by atoms with Crippen molar-refractivity contribution in [1.29, 1.82) is 0 Å².